The average molecular weight is 332 g/mol. The number of hydrogen-bond acceptors (Lipinski definition) is 3. The van der Waals surface area contributed by atoms with E-state index < -0.39 is 5.91 Å². The number of imide groups is 1. The van der Waals surface area contributed by atoms with Gasteiger partial charge in [0, 0.05) is 18.3 Å². The number of benzene rings is 1. The Morgan fingerprint density at radius 2 is 1.68 bits per heavy atom. The molecule has 1 aliphatic rings. The second kappa shape index (κ2) is 5.41. The van der Waals surface area contributed by atoms with Crippen molar-refractivity contribution < 1.29 is 14.4 Å². The van der Waals surface area contributed by atoms with Crippen molar-refractivity contribution in [2.75, 3.05) is 6.54 Å². The topological polar surface area (TPSA) is 58.9 Å². The van der Waals surface area contributed by atoms with Crippen molar-refractivity contribution in [3.63, 3.8) is 0 Å². The number of amides is 2. The molecular formula is C20H16N2O3. The molecule has 0 spiro atoms. The lowest BCUT2D eigenvalue weighted by Crippen LogP contribution is -2.30. The minimum Gasteiger partial charge on any atom is -0.312 e. The van der Waals surface area contributed by atoms with Gasteiger partial charge in [0.2, 0.25) is 5.78 Å². The van der Waals surface area contributed by atoms with Crippen LogP contribution in [0, 0.1) is 6.92 Å². The van der Waals surface area contributed by atoms with E-state index in [0.29, 0.717) is 16.6 Å². The molecule has 0 radical (unpaired) electrons. The SMILES string of the molecule is CCN1C(=O)c2c(c3cc(C)ccn3c2C(=O)c2ccccc2)C1=O. The summed E-state index contributed by atoms with van der Waals surface area (Å²) in [6.07, 6.45) is 1.75. The van der Waals surface area contributed by atoms with E-state index in [1.54, 1.807) is 41.8 Å². The predicted molar refractivity (Wildman–Crippen MR) is 93.0 cm³/mol. The van der Waals surface area contributed by atoms with Crippen LogP contribution >= 0.6 is 0 Å². The fourth-order valence-electron chi connectivity index (χ4n) is 3.38. The third-order valence-corrected chi connectivity index (χ3v) is 4.58. The Hall–Kier alpha value is -3.21. The van der Waals surface area contributed by atoms with Crippen molar-refractivity contribution >= 4 is 23.1 Å². The molecule has 0 saturated carbocycles. The number of ketones is 1. The Balaban J connectivity index is 2.06. The van der Waals surface area contributed by atoms with Gasteiger partial charge in [0.25, 0.3) is 11.8 Å². The molecule has 0 saturated heterocycles. The van der Waals surface area contributed by atoms with Crippen LogP contribution in [0.3, 0.4) is 0 Å². The monoisotopic (exact) mass is 332 g/mol. The Kier molecular flexibility index (Phi) is 3.32. The molecule has 25 heavy (non-hydrogen) atoms. The van der Waals surface area contributed by atoms with E-state index in [1.165, 1.54) is 4.90 Å². The maximum absolute atomic E-state index is 13.1. The summed E-state index contributed by atoms with van der Waals surface area (Å²) in [5.41, 5.74) is 2.84. The molecule has 1 aromatic carbocycles. The highest BCUT2D eigenvalue weighted by atomic mass is 16.2. The first kappa shape index (κ1) is 15.3. The number of carbonyl (C=O) groups is 3. The van der Waals surface area contributed by atoms with Crippen LogP contribution in [0.15, 0.2) is 48.7 Å². The van der Waals surface area contributed by atoms with Crippen LogP contribution in [0.2, 0.25) is 0 Å². The van der Waals surface area contributed by atoms with Crippen LogP contribution < -0.4 is 0 Å². The highest BCUT2D eigenvalue weighted by Crippen LogP contribution is 2.33. The van der Waals surface area contributed by atoms with Gasteiger partial charge in [-0.1, -0.05) is 30.3 Å². The lowest BCUT2D eigenvalue weighted by molar-refractivity contribution is 0.0660. The molecule has 0 aliphatic carbocycles. The fourth-order valence-corrected chi connectivity index (χ4v) is 3.38. The number of pyridine rings is 1. The summed E-state index contributed by atoms with van der Waals surface area (Å²) in [7, 11) is 0. The Bertz CT molecular complexity index is 1050. The van der Waals surface area contributed by atoms with Gasteiger partial charge < -0.3 is 4.40 Å². The van der Waals surface area contributed by atoms with Gasteiger partial charge in [-0.2, -0.15) is 0 Å². The van der Waals surface area contributed by atoms with E-state index in [2.05, 4.69) is 0 Å². The maximum Gasteiger partial charge on any atom is 0.263 e. The fraction of sp³-hybridized carbons (Fsp3) is 0.150. The van der Waals surface area contributed by atoms with Gasteiger partial charge in [-0.15, -0.1) is 0 Å². The minimum atomic E-state index is -0.400. The smallest absolute Gasteiger partial charge is 0.263 e. The molecule has 0 unspecified atom stereocenters. The van der Waals surface area contributed by atoms with E-state index in [9.17, 15) is 14.4 Å². The van der Waals surface area contributed by atoms with Crippen LogP contribution in [-0.2, 0) is 0 Å². The largest absolute Gasteiger partial charge is 0.312 e. The van der Waals surface area contributed by atoms with E-state index in [1.807, 2.05) is 25.1 Å². The van der Waals surface area contributed by atoms with Crippen molar-refractivity contribution in [3.8, 4) is 0 Å². The van der Waals surface area contributed by atoms with Gasteiger partial charge in [-0.25, -0.2) is 0 Å². The summed E-state index contributed by atoms with van der Waals surface area (Å²) < 4.78 is 1.66. The normalized spacial score (nSPS) is 13.6. The van der Waals surface area contributed by atoms with Crippen molar-refractivity contribution in [1.82, 2.24) is 9.30 Å². The average Bonchev–Trinajstić information content (AvgIpc) is 3.08. The molecule has 2 aromatic heterocycles. The molecular weight excluding hydrogens is 316 g/mol. The van der Waals surface area contributed by atoms with Gasteiger partial charge >= 0.3 is 0 Å². The molecule has 1 aliphatic heterocycles. The lowest BCUT2D eigenvalue weighted by Gasteiger charge is -2.12. The van der Waals surface area contributed by atoms with Crippen LogP contribution in [0.1, 0.15) is 49.3 Å². The van der Waals surface area contributed by atoms with Crippen LogP contribution in [-0.4, -0.2) is 33.4 Å². The Morgan fingerprint density at radius 3 is 2.36 bits per heavy atom. The third-order valence-electron chi connectivity index (χ3n) is 4.58. The number of carbonyl (C=O) groups excluding carboxylic acids is 3. The molecule has 0 atom stereocenters. The lowest BCUT2D eigenvalue weighted by atomic mass is 10.0. The molecule has 124 valence electrons. The molecule has 5 heteroatoms. The van der Waals surface area contributed by atoms with E-state index >= 15 is 0 Å². The summed E-state index contributed by atoms with van der Waals surface area (Å²) >= 11 is 0. The highest BCUT2D eigenvalue weighted by Gasteiger charge is 2.42. The molecule has 3 aromatic rings. The summed E-state index contributed by atoms with van der Waals surface area (Å²) in [5, 5.41) is 0. The molecule has 0 N–H and O–H groups in total. The zero-order valence-corrected chi connectivity index (χ0v) is 13.9. The van der Waals surface area contributed by atoms with Crippen LogP contribution in [0.5, 0.6) is 0 Å². The van der Waals surface area contributed by atoms with Gasteiger partial charge in [0.15, 0.2) is 0 Å². The molecule has 3 heterocycles. The second-order valence-electron chi connectivity index (χ2n) is 6.11. The first-order chi connectivity index (χ1) is 12.0. The van der Waals surface area contributed by atoms with E-state index in [4.69, 9.17) is 0 Å². The van der Waals surface area contributed by atoms with E-state index in [-0.39, 0.29) is 29.5 Å². The number of rotatable bonds is 3. The number of hydrogen-bond donors (Lipinski definition) is 0. The predicted octanol–water partition coefficient (Wildman–Crippen LogP) is 3.09. The summed E-state index contributed by atoms with van der Waals surface area (Å²) in [6.45, 7) is 3.95. The highest BCUT2D eigenvalue weighted by molar-refractivity contribution is 6.29. The molecule has 2 amide bonds. The van der Waals surface area contributed by atoms with Crippen molar-refractivity contribution in [2.24, 2.45) is 0 Å². The van der Waals surface area contributed by atoms with Crippen molar-refractivity contribution in [3.05, 3.63) is 76.6 Å². The van der Waals surface area contributed by atoms with Crippen molar-refractivity contribution in [1.29, 1.82) is 0 Å². The van der Waals surface area contributed by atoms with Crippen LogP contribution in [0.25, 0.3) is 5.52 Å². The summed E-state index contributed by atoms with van der Waals surface area (Å²) in [6, 6.07) is 12.5. The quantitative estimate of drug-likeness (QED) is 0.547. The summed E-state index contributed by atoms with van der Waals surface area (Å²) in [5.74, 6) is -0.999. The number of aromatic nitrogens is 1. The first-order valence-electron chi connectivity index (χ1n) is 8.15. The Labute approximate surface area is 144 Å². The third kappa shape index (κ3) is 2.05. The number of aryl methyl sites for hydroxylation is 1. The zero-order chi connectivity index (χ0) is 17.7. The molecule has 0 bridgehead atoms. The Morgan fingerprint density at radius 1 is 1.00 bits per heavy atom. The van der Waals surface area contributed by atoms with Gasteiger partial charge in [0.1, 0.15) is 5.69 Å². The maximum atomic E-state index is 13.1. The van der Waals surface area contributed by atoms with Crippen molar-refractivity contribution in [2.45, 2.75) is 13.8 Å². The second-order valence-corrected chi connectivity index (χ2v) is 6.11. The molecule has 5 nitrogen and oxygen atoms in total. The summed E-state index contributed by atoms with van der Waals surface area (Å²) in [4.78, 5) is 39.8. The van der Waals surface area contributed by atoms with Gasteiger partial charge in [-0.3, -0.25) is 19.3 Å². The van der Waals surface area contributed by atoms with Gasteiger partial charge in [-0.05, 0) is 31.5 Å². The van der Waals surface area contributed by atoms with Crippen LogP contribution in [0.4, 0.5) is 0 Å². The number of nitrogens with zero attached hydrogens (tertiary/aromatic N) is 2. The van der Waals surface area contributed by atoms with Gasteiger partial charge in [0.05, 0.1) is 16.6 Å². The standard InChI is InChI=1S/C20H16N2O3/c1-3-21-19(24)15-14-11-12(2)9-10-22(14)17(16(15)20(21)25)18(23)13-7-5-4-6-8-13/h4-11H,3H2,1-2H3. The number of fused-ring (bicyclic) bond motifs is 3. The molecule has 4 rings (SSSR count). The minimum absolute atomic E-state index is 0.214. The molecule has 0 fully saturated rings. The zero-order valence-electron chi connectivity index (χ0n) is 13.9. The van der Waals surface area contributed by atoms with E-state index in [0.717, 1.165) is 5.56 Å². The first-order valence-corrected chi connectivity index (χ1v) is 8.15.